The van der Waals surface area contributed by atoms with Gasteiger partial charge in [-0.15, -0.1) is 0 Å². The standard InChI is InChI=1S/C15H11NO3S/c17-14(11-6-2-1-3-7-11)10-13-12-8-4-5-9-15(12)20(18,19)16-13/h1-9H,10H2. The summed E-state index contributed by atoms with van der Waals surface area (Å²) < 4.78 is 27.5. The van der Waals surface area contributed by atoms with Gasteiger partial charge >= 0.3 is 0 Å². The average Bonchev–Trinajstić information content (AvgIpc) is 2.72. The Bertz CT molecular complexity index is 808. The number of hydrogen-bond donors (Lipinski definition) is 0. The van der Waals surface area contributed by atoms with Gasteiger partial charge in [-0.05, 0) is 6.07 Å². The van der Waals surface area contributed by atoms with Crippen molar-refractivity contribution in [2.45, 2.75) is 11.3 Å². The number of nitrogens with zero attached hydrogens (tertiary/aromatic N) is 1. The second kappa shape index (κ2) is 4.68. The van der Waals surface area contributed by atoms with Gasteiger partial charge in [0.25, 0.3) is 10.0 Å². The highest BCUT2D eigenvalue weighted by Gasteiger charge is 2.29. The summed E-state index contributed by atoms with van der Waals surface area (Å²) in [7, 11) is -3.65. The monoisotopic (exact) mass is 285 g/mol. The average molecular weight is 285 g/mol. The van der Waals surface area contributed by atoms with Crippen LogP contribution in [0.5, 0.6) is 0 Å². The quantitative estimate of drug-likeness (QED) is 0.814. The van der Waals surface area contributed by atoms with Gasteiger partial charge in [-0.1, -0.05) is 48.5 Å². The molecule has 0 aromatic heterocycles. The van der Waals surface area contributed by atoms with Crippen LogP contribution in [-0.2, 0) is 10.0 Å². The molecule has 0 saturated carbocycles. The molecule has 1 heterocycles. The zero-order chi connectivity index (χ0) is 14.2. The second-order valence-electron chi connectivity index (χ2n) is 4.48. The molecule has 1 aliphatic heterocycles. The van der Waals surface area contributed by atoms with E-state index in [0.717, 1.165) is 0 Å². The third kappa shape index (κ3) is 2.16. The minimum Gasteiger partial charge on any atom is -0.294 e. The van der Waals surface area contributed by atoms with E-state index in [1.807, 2.05) is 6.07 Å². The Kier molecular flexibility index (Phi) is 2.99. The van der Waals surface area contributed by atoms with Crippen molar-refractivity contribution < 1.29 is 13.2 Å². The van der Waals surface area contributed by atoms with Gasteiger partial charge in [0.2, 0.25) is 0 Å². The Balaban J connectivity index is 1.96. The molecule has 0 N–H and O–H groups in total. The van der Waals surface area contributed by atoms with Gasteiger partial charge in [-0.25, -0.2) is 0 Å². The van der Waals surface area contributed by atoms with Crippen LogP contribution in [0.2, 0.25) is 0 Å². The molecule has 2 aromatic rings. The van der Waals surface area contributed by atoms with E-state index < -0.39 is 10.0 Å². The molecule has 0 amide bonds. The lowest BCUT2D eigenvalue weighted by Gasteiger charge is -2.01. The number of hydrogen-bond acceptors (Lipinski definition) is 3. The number of fused-ring (bicyclic) bond motifs is 1. The van der Waals surface area contributed by atoms with E-state index in [1.165, 1.54) is 6.07 Å². The Morgan fingerprint density at radius 1 is 0.950 bits per heavy atom. The molecule has 5 heteroatoms. The van der Waals surface area contributed by atoms with Crippen LogP contribution in [0.25, 0.3) is 0 Å². The number of ketones is 1. The van der Waals surface area contributed by atoms with Crippen LogP contribution in [-0.4, -0.2) is 19.9 Å². The summed E-state index contributed by atoms with van der Waals surface area (Å²) in [6, 6.07) is 15.4. The molecule has 3 rings (SSSR count). The third-order valence-electron chi connectivity index (χ3n) is 3.13. The van der Waals surface area contributed by atoms with E-state index >= 15 is 0 Å². The van der Waals surface area contributed by atoms with Crippen LogP contribution in [0.3, 0.4) is 0 Å². The largest absolute Gasteiger partial charge is 0.294 e. The van der Waals surface area contributed by atoms with Gasteiger partial charge in [-0.3, -0.25) is 4.79 Å². The Labute approximate surface area is 116 Å². The number of benzene rings is 2. The highest BCUT2D eigenvalue weighted by molar-refractivity contribution is 7.90. The summed E-state index contributed by atoms with van der Waals surface area (Å²) in [5, 5.41) is 0. The Hall–Kier alpha value is -2.27. The first-order valence-corrected chi connectivity index (χ1v) is 7.53. The van der Waals surface area contributed by atoms with Crippen LogP contribution >= 0.6 is 0 Å². The van der Waals surface area contributed by atoms with E-state index in [1.54, 1.807) is 42.5 Å². The number of carbonyl (C=O) groups excluding carboxylic acids is 1. The molecule has 4 nitrogen and oxygen atoms in total. The number of Topliss-reactive ketones (excluding diaryl/α,β-unsaturated/α-hetero) is 1. The molecule has 20 heavy (non-hydrogen) atoms. The highest BCUT2D eigenvalue weighted by atomic mass is 32.2. The predicted octanol–water partition coefficient (Wildman–Crippen LogP) is 2.45. The summed E-state index contributed by atoms with van der Waals surface area (Å²) in [5.41, 5.74) is 1.39. The molecular formula is C15H11NO3S. The van der Waals surface area contributed by atoms with Crippen molar-refractivity contribution in [1.29, 1.82) is 0 Å². The van der Waals surface area contributed by atoms with Crippen LogP contribution < -0.4 is 0 Å². The van der Waals surface area contributed by atoms with Crippen molar-refractivity contribution in [3.8, 4) is 0 Å². The molecule has 1 aliphatic rings. The highest BCUT2D eigenvalue weighted by Crippen LogP contribution is 2.27. The first kappa shape index (κ1) is 12.7. The van der Waals surface area contributed by atoms with Gasteiger partial charge in [-0.2, -0.15) is 12.8 Å². The fourth-order valence-electron chi connectivity index (χ4n) is 2.18. The second-order valence-corrected chi connectivity index (χ2v) is 6.05. The Morgan fingerprint density at radius 3 is 2.35 bits per heavy atom. The summed E-state index contributed by atoms with van der Waals surface area (Å²) >= 11 is 0. The maximum atomic E-state index is 12.1. The van der Waals surface area contributed by atoms with Crippen molar-refractivity contribution in [1.82, 2.24) is 0 Å². The van der Waals surface area contributed by atoms with Crippen LogP contribution in [0.15, 0.2) is 63.9 Å². The fourth-order valence-corrected chi connectivity index (χ4v) is 3.44. The van der Waals surface area contributed by atoms with E-state index in [9.17, 15) is 13.2 Å². The van der Waals surface area contributed by atoms with E-state index in [-0.39, 0.29) is 17.1 Å². The molecule has 0 radical (unpaired) electrons. The SMILES string of the molecule is O=C(CC1=NS(=O)(=O)c2ccccc21)c1ccccc1. The van der Waals surface area contributed by atoms with E-state index in [2.05, 4.69) is 4.40 Å². The van der Waals surface area contributed by atoms with E-state index in [0.29, 0.717) is 16.8 Å². The molecule has 0 saturated heterocycles. The molecule has 0 unspecified atom stereocenters. The van der Waals surface area contributed by atoms with Crippen molar-refractivity contribution in [3.05, 3.63) is 65.7 Å². The van der Waals surface area contributed by atoms with E-state index in [4.69, 9.17) is 0 Å². The minimum absolute atomic E-state index is 0.0136. The maximum Gasteiger partial charge on any atom is 0.283 e. The summed E-state index contributed by atoms with van der Waals surface area (Å²) in [5.74, 6) is -0.142. The van der Waals surface area contributed by atoms with Crippen molar-refractivity contribution in [3.63, 3.8) is 0 Å². The molecule has 0 aliphatic carbocycles. The normalized spacial score (nSPS) is 15.5. The lowest BCUT2D eigenvalue weighted by atomic mass is 10.0. The summed E-state index contributed by atoms with van der Waals surface area (Å²) in [4.78, 5) is 12.3. The van der Waals surface area contributed by atoms with Crippen LogP contribution in [0.4, 0.5) is 0 Å². The lowest BCUT2D eigenvalue weighted by Crippen LogP contribution is -2.08. The fraction of sp³-hybridized carbons (Fsp3) is 0.0667. The zero-order valence-electron chi connectivity index (χ0n) is 10.5. The molecular weight excluding hydrogens is 274 g/mol. The summed E-state index contributed by atoms with van der Waals surface area (Å²) in [6.45, 7) is 0. The van der Waals surface area contributed by atoms with Crippen molar-refractivity contribution in [2.75, 3.05) is 0 Å². The van der Waals surface area contributed by atoms with Gasteiger partial charge in [0.1, 0.15) is 0 Å². The minimum atomic E-state index is -3.65. The molecule has 100 valence electrons. The first-order chi connectivity index (χ1) is 9.58. The molecule has 0 spiro atoms. The number of carbonyl (C=O) groups is 1. The van der Waals surface area contributed by atoms with Gasteiger partial charge in [0.15, 0.2) is 5.78 Å². The number of rotatable bonds is 3. The topological polar surface area (TPSA) is 63.6 Å². The van der Waals surface area contributed by atoms with Gasteiger partial charge < -0.3 is 0 Å². The Morgan fingerprint density at radius 2 is 1.60 bits per heavy atom. The van der Waals surface area contributed by atoms with Crippen LogP contribution in [0, 0.1) is 0 Å². The number of sulfonamides is 1. The van der Waals surface area contributed by atoms with Crippen molar-refractivity contribution >= 4 is 21.5 Å². The third-order valence-corrected chi connectivity index (χ3v) is 4.50. The van der Waals surface area contributed by atoms with Crippen molar-refractivity contribution in [2.24, 2.45) is 4.40 Å². The predicted molar refractivity (Wildman–Crippen MR) is 75.6 cm³/mol. The zero-order valence-corrected chi connectivity index (χ0v) is 11.3. The molecule has 2 aromatic carbocycles. The van der Waals surface area contributed by atoms with Crippen LogP contribution in [0.1, 0.15) is 22.3 Å². The maximum absolute atomic E-state index is 12.1. The molecule has 0 bridgehead atoms. The summed E-state index contributed by atoms with van der Waals surface area (Å²) in [6.07, 6.45) is -0.0136. The lowest BCUT2D eigenvalue weighted by molar-refractivity contribution is 0.100. The molecule has 0 atom stereocenters. The molecule has 0 fully saturated rings. The van der Waals surface area contributed by atoms with Gasteiger partial charge in [0, 0.05) is 11.1 Å². The first-order valence-electron chi connectivity index (χ1n) is 6.09. The smallest absolute Gasteiger partial charge is 0.283 e. The van der Waals surface area contributed by atoms with Gasteiger partial charge in [0.05, 0.1) is 17.0 Å².